The number of ether oxygens (including phenoxy) is 1. The van der Waals surface area contributed by atoms with Crippen molar-refractivity contribution in [2.24, 2.45) is 0 Å². The molecule has 0 saturated carbocycles. The zero-order valence-electron chi connectivity index (χ0n) is 33.5. The van der Waals surface area contributed by atoms with Gasteiger partial charge in [-0.2, -0.15) is 0 Å². The van der Waals surface area contributed by atoms with Crippen LogP contribution in [0.4, 0.5) is 0 Å². The van der Waals surface area contributed by atoms with Gasteiger partial charge in [0.15, 0.2) is 0 Å². The molecule has 0 aromatic rings. The molecule has 0 fully saturated rings. The van der Waals surface area contributed by atoms with Gasteiger partial charge in [-0.05, 0) is 12.8 Å². The lowest BCUT2D eigenvalue weighted by atomic mass is 10.0. The third-order valence-electron chi connectivity index (χ3n) is 9.91. The topological polar surface area (TPSA) is 122 Å². The van der Waals surface area contributed by atoms with E-state index in [4.69, 9.17) is 9.84 Å². The van der Waals surface area contributed by atoms with Gasteiger partial charge in [-0.25, -0.2) is 0 Å². The Balaban J connectivity index is 4.01. The Kier molecular flexibility index (Phi) is 37.5. The van der Waals surface area contributed by atoms with E-state index in [-0.39, 0.29) is 37.7 Å². The predicted molar refractivity (Wildman–Crippen MR) is 212 cm³/mol. The summed E-state index contributed by atoms with van der Waals surface area (Å²) in [7, 11) is 0. The van der Waals surface area contributed by atoms with E-state index in [0.717, 1.165) is 38.5 Å². The Morgan fingerprint density at radius 3 is 0.961 bits per heavy atom. The highest BCUT2D eigenvalue weighted by molar-refractivity contribution is 5.78. The molecule has 0 aliphatic heterocycles. The average molecular weight is 723 g/mol. The molecule has 0 aliphatic carbocycles. The maximum Gasteiger partial charge on any atom is 0.306 e. The highest BCUT2D eigenvalue weighted by atomic mass is 16.5. The summed E-state index contributed by atoms with van der Waals surface area (Å²) in [6, 6.07) is 0. The molecule has 8 heteroatoms. The van der Waals surface area contributed by atoms with Crippen molar-refractivity contribution in [1.82, 2.24) is 10.6 Å². The molecule has 0 radical (unpaired) electrons. The van der Waals surface area contributed by atoms with Gasteiger partial charge in [-0.3, -0.25) is 19.2 Å². The molecule has 0 heterocycles. The first-order chi connectivity index (χ1) is 24.9. The van der Waals surface area contributed by atoms with Gasteiger partial charge in [-0.1, -0.05) is 194 Å². The second kappa shape index (κ2) is 39.1. The van der Waals surface area contributed by atoms with E-state index in [0.29, 0.717) is 12.8 Å². The van der Waals surface area contributed by atoms with Crippen LogP contribution in [0.25, 0.3) is 0 Å². The van der Waals surface area contributed by atoms with Gasteiger partial charge in [-0.15, -0.1) is 0 Å². The number of aliphatic carboxylic acids is 1. The van der Waals surface area contributed by atoms with Crippen molar-refractivity contribution in [3.63, 3.8) is 0 Å². The number of esters is 1. The Hall–Kier alpha value is -2.12. The highest BCUT2D eigenvalue weighted by Gasteiger charge is 2.18. The molecule has 8 nitrogen and oxygen atoms in total. The fraction of sp³-hybridized carbons (Fsp3) is 0.907. The first-order valence-corrected chi connectivity index (χ1v) is 21.8. The lowest BCUT2D eigenvalue weighted by molar-refractivity contribution is -0.152. The van der Waals surface area contributed by atoms with E-state index < -0.39 is 18.0 Å². The third-order valence-corrected chi connectivity index (χ3v) is 9.91. The SMILES string of the molecule is CCCCCCCCCCCCCCCCCC(=O)NCC(CNC(=O)CCCCCCCCCCCCCCCCC)OC(=O)CCC(=O)O. The normalized spacial score (nSPS) is 11.2. The minimum atomic E-state index is -1.07. The van der Waals surface area contributed by atoms with Crippen LogP contribution in [0.5, 0.6) is 0 Å². The molecular weight excluding hydrogens is 640 g/mol. The predicted octanol–water partition coefficient (Wildman–Crippen LogP) is 11.5. The van der Waals surface area contributed by atoms with Crippen molar-refractivity contribution in [3.05, 3.63) is 0 Å². The van der Waals surface area contributed by atoms with Gasteiger partial charge in [0, 0.05) is 12.8 Å². The summed E-state index contributed by atoms with van der Waals surface area (Å²) in [6.07, 6.45) is 37.7. The summed E-state index contributed by atoms with van der Waals surface area (Å²) < 4.78 is 5.43. The largest absolute Gasteiger partial charge is 0.481 e. The molecule has 300 valence electrons. The van der Waals surface area contributed by atoms with Gasteiger partial charge >= 0.3 is 11.9 Å². The van der Waals surface area contributed by atoms with E-state index in [1.54, 1.807) is 0 Å². The van der Waals surface area contributed by atoms with E-state index in [1.165, 1.54) is 154 Å². The molecule has 0 bridgehead atoms. The van der Waals surface area contributed by atoms with E-state index in [2.05, 4.69) is 24.5 Å². The van der Waals surface area contributed by atoms with Crippen LogP contribution in [0.15, 0.2) is 0 Å². The lowest BCUT2D eigenvalue weighted by Gasteiger charge is -2.19. The molecule has 0 aromatic carbocycles. The zero-order chi connectivity index (χ0) is 37.5. The zero-order valence-corrected chi connectivity index (χ0v) is 33.5. The number of amides is 2. The number of carbonyl (C=O) groups excluding carboxylic acids is 3. The smallest absolute Gasteiger partial charge is 0.306 e. The van der Waals surface area contributed by atoms with Crippen LogP contribution < -0.4 is 10.6 Å². The molecule has 0 atom stereocenters. The van der Waals surface area contributed by atoms with Crippen molar-refractivity contribution < 1.29 is 29.0 Å². The minimum Gasteiger partial charge on any atom is -0.481 e. The van der Waals surface area contributed by atoms with Crippen LogP contribution in [0.2, 0.25) is 0 Å². The Morgan fingerprint density at radius 1 is 0.412 bits per heavy atom. The number of rotatable bonds is 40. The molecule has 0 saturated heterocycles. The first kappa shape index (κ1) is 48.9. The van der Waals surface area contributed by atoms with Crippen LogP contribution in [0, 0.1) is 0 Å². The molecule has 3 N–H and O–H groups in total. The van der Waals surface area contributed by atoms with Crippen molar-refractivity contribution in [3.8, 4) is 0 Å². The van der Waals surface area contributed by atoms with Gasteiger partial charge in [0.1, 0.15) is 6.10 Å². The quantitative estimate of drug-likeness (QED) is 0.0427. The molecule has 0 aromatic heterocycles. The first-order valence-electron chi connectivity index (χ1n) is 21.8. The fourth-order valence-electron chi connectivity index (χ4n) is 6.56. The van der Waals surface area contributed by atoms with E-state index in [1.807, 2.05) is 0 Å². The fourth-order valence-corrected chi connectivity index (χ4v) is 6.56. The summed E-state index contributed by atoms with van der Waals surface area (Å²) in [4.78, 5) is 48.0. The molecular formula is C43H82N2O6. The standard InChI is InChI=1S/C43H82N2O6/c1-3-5-7-9-11-13-15-17-19-21-23-25-27-29-31-33-40(46)44-37-39(51-43(50)36-35-42(48)49)38-45-41(47)34-32-30-28-26-24-22-20-18-16-14-12-10-8-6-4-2/h39H,3-38H2,1-2H3,(H,44,46)(H,45,47)(H,48,49). The Labute approximate surface area is 314 Å². The molecule has 0 unspecified atom stereocenters. The van der Waals surface area contributed by atoms with Gasteiger partial charge in [0.05, 0.1) is 25.9 Å². The van der Waals surface area contributed by atoms with Crippen LogP contribution in [-0.2, 0) is 23.9 Å². The number of carboxylic acids is 1. The van der Waals surface area contributed by atoms with Crippen molar-refractivity contribution >= 4 is 23.8 Å². The maximum absolute atomic E-state index is 12.5. The van der Waals surface area contributed by atoms with Crippen molar-refractivity contribution in [2.75, 3.05) is 13.1 Å². The van der Waals surface area contributed by atoms with Crippen LogP contribution in [0.1, 0.15) is 232 Å². The van der Waals surface area contributed by atoms with E-state index in [9.17, 15) is 19.2 Å². The molecule has 0 spiro atoms. The third kappa shape index (κ3) is 38.9. The second-order valence-electron chi connectivity index (χ2n) is 15.0. The molecule has 51 heavy (non-hydrogen) atoms. The number of unbranched alkanes of at least 4 members (excludes halogenated alkanes) is 28. The van der Waals surface area contributed by atoms with E-state index >= 15 is 0 Å². The highest BCUT2D eigenvalue weighted by Crippen LogP contribution is 2.15. The summed E-state index contributed by atoms with van der Waals surface area (Å²) >= 11 is 0. The van der Waals surface area contributed by atoms with Gasteiger partial charge in [0.2, 0.25) is 11.8 Å². The lowest BCUT2D eigenvalue weighted by Crippen LogP contribution is -2.42. The van der Waals surface area contributed by atoms with Crippen LogP contribution in [-0.4, -0.2) is 48.1 Å². The van der Waals surface area contributed by atoms with Crippen LogP contribution in [0.3, 0.4) is 0 Å². The number of carbonyl (C=O) groups is 4. The summed E-state index contributed by atoms with van der Waals surface area (Å²) in [5.41, 5.74) is 0. The number of carboxylic acid groups (broad SMARTS) is 1. The number of hydrogen-bond acceptors (Lipinski definition) is 5. The number of nitrogens with one attached hydrogen (secondary N) is 2. The van der Waals surface area contributed by atoms with Crippen molar-refractivity contribution in [1.29, 1.82) is 0 Å². The second-order valence-corrected chi connectivity index (χ2v) is 15.0. The Morgan fingerprint density at radius 2 is 0.686 bits per heavy atom. The minimum absolute atomic E-state index is 0.0929. The van der Waals surface area contributed by atoms with Gasteiger partial charge in [0.25, 0.3) is 0 Å². The molecule has 0 aliphatic rings. The van der Waals surface area contributed by atoms with Crippen LogP contribution >= 0.6 is 0 Å². The monoisotopic (exact) mass is 723 g/mol. The summed E-state index contributed by atoms with van der Waals surface area (Å²) in [5, 5.41) is 14.6. The maximum atomic E-state index is 12.5. The van der Waals surface area contributed by atoms with Crippen molar-refractivity contribution in [2.45, 2.75) is 238 Å². The molecule has 0 rings (SSSR count). The summed E-state index contributed by atoms with van der Waals surface area (Å²) in [5.74, 6) is -1.91. The average Bonchev–Trinajstić information content (AvgIpc) is 3.11. The molecule has 2 amide bonds. The number of hydrogen-bond donors (Lipinski definition) is 3. The van der Waals surface area contributed by atoms with Gasteiger partial charge < -0.3 is 20.5 Å². The summed E-state index contributed by atoms with van der Waals surface area (Å²) in [6.45, 7) is 4.71. The Bertz CT molecular complexity index is 770.